The predicted octanol–water partition coefficient (Wildman–Crippen LogP) is 4.24. The van der Waals surface area contributed by atoms with Crippen molar-refractivity contribution in [2.24, 2.45) is 0 Å². The summed E-state index contributed by atoms with van der Waals surface area (Å²) in [4.78, 5) is 13.6. The minimum atomic E-state index is -0.981. The Balaban J connectivity index is 1.72. The summed E-state index contributed by atoms with van der Waals surface area (Å²) in [7, 11) is 0. The van der Waals surface area contributed by atoms with Crippen LogP contribution in [-0.2, 0) is 11.2 Å². The number of rotatable bonds is 3. The molecule has 0 spiro atoms. The summed E-state index contributed by atoms with van der Waals surface area (Å²) in [6, 6.07) is 6.81. The molecule has 0 bridgehead atoms. The lowest BCUT2D eigenvalue weighted by Crippen LogP contribution is -2.33. The van der Waals surface area contributed by atoms with E-state index in [1.165, 1.54) is 11.0 Å². The molecule has 0 aliphatic carbocycles. The fourth-order valence-electron chi connectivity index (χ4n) is 2.45. The van der Waals surface area contributed by atoms with E-state index < -0.39 is 11.6 Å². The van der Waals surface area contributed by atoms with Gasteiger partial charge < -0.3 is 9.64 Å². The molecule has 1 heterocycles. The number of anilines is 1. The van der Waals surface area contributed by atoms with Crippen molar-refractivity contribution in [3.05, 3.63) is 57.6 Å². The standard InChI is InChI=1S/C16H11Cl2F2NO2/c17-10-1-2-15(11(18)6-10)23-8-16(22)21-4-3-9-5-12(19)13(20)7-14(9)21/h1-2,5-7H,3-4,8H2. The number of carbonyl (C=O) groups excluding carboxylic acids is 1. The lowest BCUT2D eigenvalue weighted by Gasteiger charge is -2.18. The molecule has 2 aromatic rings. The highest BCUT2D eigenvalue weighted by Gasteiger charge is 2.26. The van der Waals surface area contributed by atoms with Crippen LogP contribution in [-0.4, -0.2) is 19.1 Å². The first-order valence-corrected chi connectivity index (χ1v) is 7.57. The number of hydrogen-bond donors (Lipinski definition) is 0. The van der Waals surface area contributed by atoms with Gasteiger partial charge in [0.2, 0.25) is 0 Å². The molecule has 7 heteroatoms. The van der Waals surface area contributed by atoms with Crippen molar-refractivity contribution < 1.29 is 18.3 Å². The molecule has 3 nitrogen and oxygen atoms in total. The van der Waals surface area contributed by atoms with Crippen LogP contribution in [0, 0.1) is 11.6 Å². The van der Waals surface area contributed by atoms with Crippen molar-refractivity contribution in [2.75, 3.05) is 18.1 Å². The van der Waals surface area contributed by atoms with Crippen LogP contribution in [0.3, 0.4) is 0 Å². The normalized spacial score (nSPS) is 13.1. The molecule has 0 unspecified atom stereocenters. The zero-order valence-corrected chi connectivity index (χ0v) is 13.3. The van der Waals surface area contributed by atoms with E-state index >= 15 is 0 Å². The van der Waals surface area contributed by atoms with Gasteiger partial charge in [0.1, 0.15) is 5.75 Å². The summed E-state index contributed by atoms with van der Waals surface area (Å²) in [5.74, 6) is -1.93. The Bertz CT molecular complexity index is 783. The third-order valence-electron chi connectivity index (χ3n) is 3.56. The van der Waals surface area contributed by atoms with Gasteiger partial charge in [0, 0.05) is 17.6 Å². The lowest BCUT2D eigenvalue weighted by atomic mass is 10.1. The highest BCUT2D eigenvalue weighted by atomic mass is 35.5. The van der Waals surface area contributed by atoms with Crippen LogP contribution in [0.1, 0.15) is 5.56 Å². The van der Waals surface area contributed by atoms with Crippen LogP contribution in [0.25, 0.3) is 0 Å². The largest absolute Gasteiger partial charge is 0.482 e. The Morgan fingerprint density at radius 2 is 1.91 bits per heavy atom. The van der Waals surface area contributed by atoms with Gasteiger partial charge in [0.05, 0.1) is 10.7 Å². The van der Waals surface area contributed by atoms with E-state index in [4.69, 9.17) is 27.9 Å². The van der Waals surface area contributed by atoms with Crippen molar-refractivity contribution in [1.82, 2.24) is 0 Å². The van der Waals surface area contributed by atoms with Gasteiger partial charge in [-0.25, -0.2) is 8.78 Å². The number of amides is 1. The van der Waals surface area contributed by atoms with Crippen LogP contribution < -0.4 is 9.64 Å². The fraction of sp³-hybridized carbons (Fsp3) is 0.188. The van der Waals surface area contributed by atoms with Gasteiger partial charge in [0.25, 0.3) is 5.91 Å². The van der Waals surface area contributed by atoms with Crippen LogP contribution in [0.2, 0.25) is 10.0 Å². The number of nitrogens with zero attached hydrogens (tertiary/aromatic N) is 1. The van der Waals surface area contributed by atoms with Gasteiger partial charge in [-0.3, -0.25) is 4.79 Å². The maximum absolute atomic E-state index is 13.4. The minimum absolute atomic E-state index is 0.264. The lowest BCUT2D eigenvalue weighted by molar-refractivity contribution is -0.120. The summed E-state index contributed by atoms with van der Waals surface area (Å²) in [5.41, 5.74) is 0.974. The molecule has 1 aliphatic rings. The van der Waals surface area contributed by atoms with Gasteiger partial charge in [0.15, 0.2) is 18.2 Å². The molecule has 120 valence electrons. The summed E-state index contributed by atoms with van der Waals surface area (Å²) >= 11 is 11.8. The average molecular weight is 358 g/mol. The second kappa shape index (κ2) is 6.34. The molecule has 3 rings (SSSR count). The Hall–Kier alpha value is -1.85. The average Bonchev–Trinajstić information content (AvgIpc) is 2.89. The number of halogens is 4. The topological polar surface area (TPSA) is 29.5 Å². The first-order valence-electron chi connectivity index (χ1n) is 6.82. The SMILES string of the molecule is O=C(COc1ccc(Cl)cc1Cl)N1CCc2cc(F)c(F)cc21. The number of carbonyl (C=O) groups is 1. The Labute approximate surface area is 141 Å². The molecule has 0 aromatic heterocycles. The van der Waals surface area contributed by atoms with E-state index in [-0.39, 0.29) is 12.5 Å². The molecule has 1 aliphatic heterocycles. The van der Waals surface area contributed by atoms with Crippen molar-refractivity contribution in [3.8, 4) is 5.75 Å². The first kappa shape index (κ1) is 16.0. The van der Waals surface area contributed by atoms with Gasteiger partial charge in [-0.05, 0) is 36.2 Å². The third-order valence-corrected chi connectivity index (χ3v) is 4.09. The minimum Gasteiger partial charge on any atom is -0.482 e. The first-order chi connectivity index (χ1) is 11.0. The monoisotopic (exact) mass is 357 g/mol. The van der Waals surface area contributed by atoms with Gasteiger partial charge in [-0.1, -0.05) is 23.2 Å². The summed E-state index contributed by atoms with van der Waals surface area (Å²) in [6.45, 7) is 0.0918. The molecule has 2 aromatic carbocycles. The quantitative estimate of drug-likeness (QED) is 0.822. The van der Waals surface area contributed by atoms with E-state index in [1.54, 1.807) is 12.1 Å². The molecule has 0 saturated carbocycles. The Kier molecular flexibility index (Phi) is 4.41. The second-order valence-corrected chi connectivity index (χ2v) is 5.90. The van der Waals surface area contributed by atoms with Crippen molar-refractivity contribution in [3.63, 3.8) is 0 Å². The second-order valence-electron chi connectivity index (χ2n) is 5.05. The maximum atomic E-state index is 13.4. The van der Waals surface area contributed by atoms with E-state index in [0.29, 0.717) is 40.0 Å². The summed E-state index contributed by atoms with van der Waals surface area (Å²) in [5, 5.41) is 0.750. The zero-order valence-electron chi connectivity index (χ0n) is 11.8. The molecule has 23 heavy (non-hydrogen) atoms. The van der Waals surface area contributed by atoms with Crippen LogP contribution >= 0.6 is 23.2 Å². The number of benzene rings is 2. The smallest absolute Gasteiger partial charge is 0.264 e. The van der Waals surface area contributed by atoms with E-state index in [2.05, 4.69) is 0 Å². The number of fused-ring (bicyclic) bond motifs is 1. The highest BCUT2D eigenvalue weighted by Crippen LogP contribution is 2.31. The van der Waals surface area contributed by atoms with Crippen molar-refractivity contribution in [1.29, 1.82) is 0 Å². The van der Waals surface area contributed by atoms with Crippen LogP contribution in [0.15, 0.2) is 30.3 Å². The third kappa shape index (κ3) is 3.26. The Morgan fingerprint density at radius 3 is 2.65 bits per heavy atom. The molecule has 0 saturated heterocycles. The van der Waals surface area contributed by atoms with Crippen molar-refractivity contribution in [2.45, 2.75) is 6.42 Å². The summed E-state index contributed by atoms with van der Waals surface area (Å²) in [6.07, 6.45) is 0.472. The molecule has 1 amide bonds. The van der Waals surface area contributed by atoms with E-state index in [9.17, 15) is 13.6 Å². The number of ether oxygens (including phenoxy) is 1. The molecule has 0 atom stereocenters. The number of hydrogen-bond acceptors (Lipinski definition) is 2. The maximum Gasteiger partial charge on any atom is 0.264 e. The van der Waals surface area contributed by atoms with E-state index in [0.717, 1.165) is 12.1 Å². The molecular formula is C16H11Cl2F2NO2. The van der Waals surface area contributed by atoms with Gasteiger partial charge >= 0.3 is 0 Å². The van der Waals surface area contributed by atoms with Crippen LogP contribution in [0.5, 0.6) is 5.75 Å². The van der Waals surface area contributed by atoms with Gasteiger partial charge in [-0.15, -0.1) is 0 Å². The predicted molar refractivity (Wildman–Crippen MR) is 84.4 cm³/mol. The van der Waals surface area contributed by atoms with Crippen LogP contribution in [0.4, 0.5) is 14.5 Å². The molecule has 0 fully saturated rings. The zero-order chi connectivity index (χ0) is 16.6. The van der Waals surface area contributed by atoms with Gasteiger partial charge in [-0.2, -0.15) is 0 Å². The molecule has 0 radical (unpaired) electrons. The van der Waals surface area contributed by atoms with Crippen molar-refractivity contribution >= 4 is 34.8 Å². The molecular weight excluding hydrogens is 347 g/mol. The molecule has 0 N–H and O–H groups in total. The fourth-order valence-corrected chi connectivity index (χ4v) is 2.91. The Morgan fingerprint density at radius 1 is 1.17 bits per heavy atom. The summed E-state index contributed by atoms with van der Waals surface area (Å²) < 4.78 is 32.0. The highest BCUT2D eigenvalue weighted by molar-refractivity contribution is 6.35. The van der Waals surface area contributed by atoms with E-state index in [1.807, 2.05) is 0 Å².